The van der Waals surface area contributed by atoms with Crippen molar-refractivity contribution in [3.05, 3.63) is 72.3 Å². The van der Waals surface area contributed by atoms with Crippen molar-refractivity contribution in [3.8, 4) is 11.1 Å². The fourth-order valence-corrected chi connectivity index (χ4v) is 2.75. The molecule has 0 heterocycles. The fraction of sp³-hybridized carbons (Fsp3) is 0.263. The van der Waals surface area contributed by atoms with Crippen LogP contribution >= 0.6 is 0 Å². The zero-order valence-electron chi connectivity index (χ0n) is 12.7. The predicted octanol–water partition coefficient (Wildman–Crippen LogP) is 1.46. The van der Waals surface area contributed by atoms with E-state index in [2.05, 4.69) is 29.6 Å². The molecule has 120 valence electrons. The van der Waals surface area contributed by atoms with Gasteiger partial charge in [-0.1, -0.05) is 66.7 Å². The average molecular weight is 311 g/mol. The molecule has 2 aromatic carbocycles. The topological polar surface area (TPSA) is 72.7 Å². The van der Waals surface area contributed by atoms with E-state index >= 15 is 0 Å². The molecule has 0 amide bonds. The molecule has 0 bridgehead atoms. The third-order valence-electron chi connectivity index (χ3n) is 4.19. The third-order valence-corrected chi connectivity index (χ3v) is 4.19. The van der Waals surface area contributed by atoms with Crippen LogP contribution in [0.1, 0.15) is 5.56 Å². The second kappa shape index (κ2) is 7.06. The minimum absolute atomic E-state index is 0.373. The summed E-state index contributed by atoms with van der Waals surface area (Å²) in [5, 5.41) is 32.3. The summed E-state index contributed by atoms with van der Waals surface area (Å²) in [5.41, 5.74) is 3.42. The minimum atomic E-state index is -1.15. The maximum atomic E-state index is 9.95. The molecule has 0 radical (unpaired) electrons. The summed E-state index contributed by atoms with van der Waals surface area (Å²) in [6.07, 6.45) is 0.0262. The van der Waals surface area contributed by atoms with Gasteiger partial charge in [0.25, 0.3) is 0 Å². The molecule has 0 fully saturated rings. The van der Waals surface area contributed by atoms with Gasteiger partial charge in [0, 0.05) is 6.54 Å². The van der Waals surface area contributed by atoms with E-state index in [0.29, 0.717) is 6.54 Å². The van der Waals surface area contributed by atoms with Crippen LogP contribution < -0.4 is 5.32 Å². The Bertz CT molecular complexity index is 654. The highest BCUT2D eigenvalue weighted by molar-refractivity contribution is 5.63. The molecular formula is C19H21NO3. The van der Waals surface area contributed by atoms with E-state index < -0.39 is 18.3 Å². The number of aliphatic hydroxyl groups excluding tert-OH is 3. The van der Waals surface area contributed by atoms with Gasteiger partial charge >= 0.3 is 0 Å². The molecule has 4 nitrogen and oxygen atoms in total. The summed E-state index contributed by atoms with van der Waals surface area (Å²) in [6, 6.07) is 18.0. The van der Waals surface area contributed by atoms with Gasteiger partial charge in [-0.3, -0.25) is 0 Å². The van der Waals surface area contributed by atoms with E-state index in [1.165, 1.54) is 11.6 Å². The van der Waals surface area contributed by atoms with Crippen molar-refractivity contribution in [3.63, 3.8) is 0 Å². The summed E-state index contributed by atoms with van der Waals surface area (Å²) in [4.78, 5) is 0. The Labute approximate surface area is 135 Å². The fourth-order valence-electron chi connectivity index (χ4n) is 2.75. The van der Waals surface area contributed by atoms with Crippen molar-refractivity contribution in [2.24, 2.45) is 0 Å². The standard InChI is InChI=1S/C19H21NO3/c21-17-11-10-16(18(22)19(17)23)20-12-13-6-8-15(9-7-13)14-4-2-1-3-5-14/h1-11,16-23H,12H2. The van der Waals surface area contributed by atoms with Gasteiger partial charge < -0.3 is 20.6 Å². The van der Waals surface area contributed by atoms with E-state index in [0.717, 1.165) is 11.1 Å². The summed E-state index contributed by atoms with van der Waals surface area (Å²) in [6.45, 7) is 0.573. The summed E-state index contributed by atoms with van der Waals surface area (Å²) < 4.78 is 0. The van der Waals surface area contributed by atoms with E-state index in [1.54, 1.807) is 6.08 Å². The number of benzene rings is 2. The Hall–Kier alpha value is -1.98. The van der Waals surface area contributed by atoms with Crippen molar-refractivity contribution in [2.75, 3.05) is 0 Å². The van der Waals surface area contributed by atoms with Crippen molar-refractivity contribution in [1.82, 2.24) is 5.32 Å². The predicted molar refractivity (Wildman–Crippen MR) is 89.7 cm³/mol. The van der Waals surface area contributed by atoms with Crippen LogP contribution in [0.15, 0.2) is 66.7 Å². The lowest BCUT2D eigenvalue weighted by Crippen LogP contribution is -2.51. The largest absolute Gasteiger partial charge is 0.388 e. The quantitative estimate of drug-likeness (QED) is 0.645. The second-order valence-electron chi connectivity index (χ2n) is 5.83. The summed E-state index contributed by atoms with van der Waals surface area (Å²) in [5.74, 6) is 0. The van der Waals surface area contributed by atoms with Crippen LogP contribution in [0.2, 0.25) is 0 Å². The van der Waals surface area contributed by atoms with E-state index in [-0.39, 0.29) is 6.04 Å². The number of hydrogen-bond acceptors (Lipinski definition) is 4. The molecule has 2 aromatic rings. The lowest BCUT2D eigenvalue weighted by Gasteiger charge is -2.31. The Kier molecular flexibility index (Phi) is 4.88. The number of rotatable bonds is 4. The number of hydrogen-bond donors (Lipinski definition) is 4. The molecule has 0 aromatic heterocycles. The van der Waals surface area contributed by atoms with Gasteiger partial charge in [0.05, 0.1) is 6.04 Å². The van der Waals surface area contributed by atoms with Crippen LogP contribution in [0.25, 0.3) is 11.1 Å². The molecule has 0 saturated carbocycles. The van der Waals surface area contributed by atoms with Gasteiger partial charge in [0.1, 0.15) is 18.3 Å². The van der Waals surface area contributed by atoms with Gasteiger partial charge in [-0.15, -0.1) is 0 Å². The smallest absolute Gasteiger partial charge is 0.111 e. The molecule has 4 atom stereocenters. The van der Waals surface area contributed by atoms with Gasteiger partial charge in [-0.25, -0.2) is 0 Å². The van der Waals surface area contributed by atoms with E-state index in [1.807, 2.05) is 30.3 Å². The molecule has 23 heavy (non-hydrogen) atoms. The molecule has 0 aliphatic heterocycles. The molecule has 3 rings (SSSR count). The Balaban J connectivity index is 1.62. The maximum Gasteiger partial charge on any atom is 0.111 e. The van der Waals surface area contributed by atoms with E-state index in [4.69, 9.17) is 0 Å². The lowest BCUT2D eigenvalue weighted by molar-refractivity contribution is -0.0567. The molecular weight excluding hydrogens is 290 g/mol. The molecule has 1 aliphatic carbocycles. The van der Waals surface area contributed by atoms with Crippen LogP contribution in [0.5, 0.6) is 0 Å². The third kappa shape index (κ3) is 3.68. The second-order valence-corrected chi connectivity index (χ2v) is 5.83. The first kappa shape index (κ1) is 15.9. The maximum absolute atomic E-state index is 9.95. The average Bonchev–Trinajstić information content (AvgIpc) is 2.60. The van der Waals surface area contributed by atoms with Crippen molar-refractivity contribution in [2.45, 2.75) is 30.9 Å². The van der Waals surface area contributed by atoms with Crippen LogP contribution in [0.4, 0.5) is 0 Å². The molecule has 4 heteroatoms. The zero-order valence-corrected chi connectivity index (χ0v) is 12.7. The first-order valence-corrected chi connectivity index (χ1v) is 7.75. The molecule has 0 saturated heterocycles. The summed E-state index contributed by atoms with van der Waals surface area (Å²) >= 11 is 0. The number of nitrogens with one attached hydrogen (secondary N) is 1. The number of aliphatic hydroxyl groups is 3. The van der Waals surface area contributed by atoms with Gasteiger partial charge in [-0.05, 0) is 16.7 Å². The first-order valence-electron chi connectivity index (χ1n) is 7.75. The van der Waals surface area contributed by atoms with Gasteiger partial charge in [-0.2, -0.15) is 0 Å². The molecule has 4 unspecified atom stereocenters. The highest BCUT2D eigenvalue weighted by Crippen LogP contribution is 2.19. The molecule has 0 spiro atoms. The highest BCUT2D eigenvalue weighted by Gasteiger charge is 2.32. The minimum Gasteiger partial charge on any atom is -0.388 e. The lowest BCUT2D eigenvalue weighted by atomic mass is 9.94. The monoisotopic (exact) mass is 311 g/mol. The van der Waals surface area contributed by atoms with Crippen molar-refractivity contribution < 1.29 is 15.3 Å². The van der Waals surface area contributed by atoms with Crippen LogP contribution in [-0.2, 0) is 6.54 Å². The molecule has 4 N–H and O–H groups in total. The normalized spacial score (nSPS) is 27.1. The Morgan fingerprint density at radius 2 is 1.39 bits per heavy atom. The van der Waals surface area contributed by atoms with Crippen LogP contribution in [-0.4, -0.2) is 39.7 Å². The zero-order chi connectivity index (χ0) is 16.2. The molecule has 1 aliphatic rings. The van der Waals surface area contributed by atoms with Gasteiger partial charge in [0.2, 0.25) is 0 Å². The van der Waals surface area contributed by atoms with Crippen molar-refractivity contribution in [1.29, 1.82) is 0 Å². The van der Waals surface area contributed by atoms with E-state index in [9.17, 15) is 15.3 Å². The van der Waals surface area contributed by atoms with Crippen molar-refractivity contribution >= 4 is 0 Å². The summed E-state index contributed by atoms with van der Waals surface area (Å²) in [7, 11) is 0. The highest BCUT2D eigenvalue weighted by atomic mass is 16.4. The van der Waals surface area contributed by atoms with Gasteiger partial charge in [0.15, 0.2) is 0 Å². The Morgan fingerprint density at radius 1 is 0.739 bits per heavy atom. The van der Waals surface area contributed by atoms with Crippen LogP contribution in [0, 0.1) is 0 Å². The Morgan fingerprint density at radius 3 is 2.09 bits per heavy atom. The first-order chi connectivity index (χ1) is 11.1. The SMILES string of the molecule is OC1C=CC(NCc2ccc(-c3ccccc3)cc2)C(O)C1O. The van der Waals surface area contributed by atoms with Crippen LogP contribution in [0.3, 0.4) is 0 Å².